The van der Waals surface area contributed by atoms with Crippen LogP contribution in [0.15, 0.2) is 18.2 Å². The Hall–Kier alpha value is -1.06. The van der Waals surface area contributed by atoms with Gasteiger partial charge in [-0.1, -0.05) is 24.1 Å². The molecule has 1 N–H and O–H groups in total. The molecule has 0 aromatic heterocycles. The molecule has 3 nitrogen and oxygen atoms in total. The molecule has 1 saturated carbocycles. The second-order valence-electron chi connectivity index (χ2n) is 4.61. The molecule has 1 fully saturated rings. The van der Waals surface area contributed by atoms with E-state index in [0.717, 1.165) is 12.1 Å². The maximum atomic E-state index is 10.8. The third-order valence-corrected chi connectivity index (χ3v) is 3.77. The second-order valence-corrected chi connectivity index (χ2v) is 5.02. The lowest BCUT2D eigenvalue weighted by atomic mass is 9.91. The standard InChI is InChI=1S/C13H16ClNO2/c1-15(11-3-2-4-11)8-10-6-5-9(13(16)17)7-12(10)14/h5-7,11H,2-4,8H2,1H3,(H,16,17). The molecule has 1 aliphatic rings. The number of carboxylic acid groups (broad SMARTS) is 1. The summed E-state index contributed by atoms with van der Waals surface area (Å²) in [5, 5.41) is 9.39. The van der Waals surface area contributed by atoms with E-state index in [1.54, 1.807) is 12.1 Å². The number of carboxylic acids is 1. The SMILES string of the molecule is CN(Cc1ccc(C(=O)O)cc1Cl)C1CCC1. The van der Waals surface area contributed by atoms with Crippen LogP contribution in [0.5, 0.6) is 0 Å². The Morgan fingerprint density at radius 1 is 1.53 bits per heavy atom. The average molecular weight is 254 g/mol. The highest BCUT2D eigenvalue weighted by Crippen LogP contribution is 2.26. The first-order chi connectivity index (χ1) is 8.08. The van der Waals surface area contributed by atoms with E-state index in [2.05, 4.69) is 11.9 Å². The van der Waals surface area contributed by atoms with Crippen molar-refractivity contribution in [1.29, 1.82) is 0 Å². The number of nitrogens with zero attached hydrogens (tertiary/aromatic N) is 1. The molecule has 0 spiro atoms. The first-order valence-corrected chi connectivity index (χ1v) is 6.17. The van der Waals surface area contributed by atoms with Crippen molar-refractivity contribution in [1.82, 2.24) is 4.90 Å². The summed E-state index contributed by atoms with van der Waals surface area (Å²) in [6.07, 6.45) is 3.81. The summed E-state index contributed by atoms with van der Waals surface area (Å²) < 4.78 is 0. The summed E-state index contributed by atoms with van der Waals surface area (Å²) >= 11 is 6.09. The zero-order valence-corrected chi connectivity index (χ0v) is 10.6. The van der Waals surface area contributed by atoms with Crippen LogP contribution in [0.1, 0.15) is 35.2 Å². The third-order valence-electron chi connectivity index (χ3n) is 3.42. The molecule has 4 heteroatoms. The fourth-order valence-corrected chi connectivity index (χ4v) is 2.27. The van der Waals surface area contributed by atoms with Crippen molar-refractivity contribution in [3.63, 3.8) is 0 Å². The average Bonchev–Trinajstić information content (AvgIpc) is 2.18. The van der Waals surface area contributed by atoms with Gasteiger partial charge in [0.05, 0.1) is 5.56 Å². The van der Waals surface area contributed by atoms with Crippen molar-refractivity contribution in [2.45, 2.75) is 31.8 Å². The lowest BCUT2D eigenvalue weighted by molar-refractivity contribution is 0.0697. The molecular weight excluding hydrogens is 238 g/mol. The van der Waals surface area contributed by atoms with Gasteiger partial charge >= 0.3 is 5.97 Å². The molecule has 1 aromatic rings. The van der Waals surface area contributed by atoms with Crippen molar-refractivity contribution < 1.29 is 9.90 Å². The fourth-order valence-electron chi connectivity index (χ4n) is 2.03. The third kappa shape index (κ3) is 2.79. The normalized spacial score (nSPS) is 15.9. The van der Waals surface area contributed by atoms with Crippen LogP contribution < -0.4 is 0 Å². The first-order valence-electron chi connectivity index (χ1n) is 5.80. The van der Waals surface area contributed by atoms with E-state index in [0.29, 0.717) is 11.1 Å². The Morgan fingerprint density at radius 2 is 2.24 bits per heavy atom. The minimum absolute atomic E-state index is 0.241. The van der Waals surface area contributed by atoms with E-state index in [-0.39, 0.29) is 5.56 Å². The fraction of sp³-hybridized carbons (Fsp3) is 0.462. The van der Waals surface area contributed by atoms with Gasteiger partial charge in [-0.25, -0.2) is 4.79 Å². The smallest absolute Gasteiger partial charge is 0.335 e. The van der Waals surface area contributed by atoms with E-state index in [4.69, 9.17) is 16.7 Å². The monoisotopic (exact) mass is 253 g/mol. The van der Waals surface area contributed by atoms with Gasteiger partial charge in [0.25, 0.3) is 0 Å². The Morgan fingerprint density at radius 3 is 2.71 bits per heavy atom. The van der Waals surface area contributed by atoms with E-state index in [9.17, 15) is 4.79 Å². The number of carbonyl (C=O) groups is 1. The van der Waals surface area contributed by atoms with Gasteiger partial charge in [-0.2, -0.15) is 0 Å². The van der Waals surface area contributed by atoms with Gasteiger partial charge in [-0.05, 0) is 37.6 Å². The Bertz CT molecular complexity index is 429. The van der Waals surface area contributed by atoms with Crippen molar-refractivity contribution in [2.75, 3.05) is 7.05 Å². The molecule has 2 rings (SSSR count). The maximum absolute atomic E-state index is 10.8. The molecular formula is C13H16ClNO2. The van der Waals surface area contributed by atoms with Crippen LogP contribution in [-0.2, 0) is 6.54 Å². The number of benzene rings is 1. The van der Waals surface area contributed by atoms with Gasteiger partial charge in [0.2, 0.25) is 0 Å². The molecule has 0 aliphatic heterocycles. The summed E-state index contributed by atoms with van der Waals surface area (Å²) in [6, 6.07) is 5.60. The van der Waals surface area contributed by atoms with E-state index in [1.807, 2.05) is 0 Å². The lowest BCUT2D eigenvalue weighted by Gasteiger charge is -2.34. The first kappa shape index (κ1) is 12.4. The lowest BCUT2D eigenvalue weighted by Crippen LogP contribution is -2.36. The summed E-state index contributed by atoms with van der Waals surface area (Å²) in [6.45, 7) is 0.781. The quantitative estimate of drug-likeness (QED) is 0.897. The highest BCUT2D eigenvalue weighted by molar-refractivity contribution is 6.31. The van der Waals surface area contributed by atoms with Gasteiger partial charge in [-0.15, -0.1) is 0 Å². The zero-order valence-electron chi connectivity index (χ0n) is 9.82. The summed E-state index contributed by atoms with van der Waals surface area (Å²) in [7, 11) is 2.09. The second kappa shape index (κ2) is 5.07. The molecule has 1 aromatic carbocycles. The van der Waals surface area contributed by atoms with Gasteiger partial charge in [0, 0.05) is 17.6 Å². The molecule has 1 aliphatic carbocycles. The summed E-state index contributed by atoms with van der Waals surface area (Å²) in [5.41, 5.74) is 1.23. The van der Waals surface area contributed by atoms with Crippen LogP contribution in [-0.4, -0.2) is 29.1 Å². The van der Waals surface area contributed by atoms with Crippen LogP contribution in [0, 0.1) is 0 Å². The highest BCUT2D eigenvalue weighted by Gasteiger charge is 2.22. The van der Waals surface area contributed by atoms with Gasteiger partial charge in [0.15, 0.2) is 0 Å². The molecule has 0 amide bonds. The van der Waals surface area contributed by atoms with Gasteiger partial charge < -0.3 is 5.11 Å². The van der Waals surface area contributed by atoms with E-state index >= 15 is 0 Å². The minimum Gasteiger partial charge on any atom is -0.478 e. The minimum atomic E-state index is -0.939. The number of hydrogen-bond donors (Lipinski definition) is 1. The summed E-state index contributed by atoms with van der Waals surface area (Å²) in [5.74, 6) is -0.939. The molecule has 0 bridgehead atoms. The van der Waals surface area contributed by atoms with Crippen molar-refractivity contribution >= 4 is 17.6 Å². The predicted molar refractivity (Wildman–Crippen MR) is 67.5 cm³/mol. The molecule has 0 atom stereocenters. The molecule has 0 heterocycles. The van der Waals surface area contributed by atoms with Gasteiger partial charge in [-0.3, -0.25) is 4.90 Å². The van der Waals surface area contributed by atoms with Crippen LogP contribution in [0.3, 0.4) is 0 Å². The van der Waals surface area contributed by atoms with Crippen LogP contribution in [0.4, 0.5) is 0 Å². The Kier molecular flexibility index (Phi) is 3.69. The number of hydrogen-bond acceptors (Lipinski definition) is 2. The molecule has 0 unspecified atom stereocenters. The Labute approximate surface area is 106 Å². The molecule has 0 saturated heterocycles. The zero-order chi connectivity index (χ0) is 12.4. The number of aromatic carboxylic acids is 1. The van der Waals surface area contributed by atoms with E-state index < -0.39 is 5.97 Å². The van der Waals surface area contributed by atoms with Crippen molar-refractivity contribution in [3.05, 3.63) is 34.3 Å². The molecule has 17 heavy (non-hydrogen) atoms. The topological polar surface area (TPSA) is 40.5 Å². The molecule has 0 radical (unpaired) electrons. The van der Waals surface area contributed by atoms with Crippen LogP contribution >= 0.6 is 11.6 Å². The number of halogens is 1. The Balaban J connectivity index is 2.07. The maximum Gasteiger partial charge on any atom is 0.335 e. The van der Waals surface area contributed by atoms with Crippen LogP contribution in [0.2, 0.25) is 5.02 Å². The predicted octanol–water partition coefficient (Wildman–Crippen LogP) is 3.02. The van der Waals surface area contributed by atoms with Crippen molar-refractivity contribution in [3.8, 4) is 0 Å². The molecule has 92 valence electrons. The van der Waals surface area contributed by atoms with Crippen LogP contribution in [0.25, 0.3) is 0 Å². The van der Waals surface area contributed by atoms with Crippen molar-refractivity contribution in [2.24, 2.45) is 0 Å². The van der Waals surface area contributed by atoms with E-state index in [1.165, 1.54) is 25.3 Å². The number of rotatable bonds is 4. The van der Waals surface area contributed by atoms with Gasteiger partial charge in [0.1, 0.15) is 0 Å². The largest absolute Gasteiger partial charge is 0.478 e. The summed E-state index contributed by atoms with van der Waals surface area (Å²) in [4.78, 5) is 13.1. The highest BCUT2D eigenvalue weighted by atomic mass is 35.5.